The summed E-state index contributed by atoms with van der Waals surface area (Å²) < 4.78 is 23.1. The Balaban J connectivity index is 1.77. The lowest BCUT2D eigenvalue weighted by Gasteiger charge is -2.10. The summed E-state index contributed by atoms with van der Waals surface area (Å²) in [6, 6.07) is 13.1. The fourth-order valence-electron chi connectivity index (χ4n) is 2.02. The first kappa shape index (κ1) is 17.5. The third-order valence-corrected chi connectivity index (χ3v) is 3.22. The second kappa shape index (κ2) is 8.67. The van der Waals surface area contributed by atoms with Crippen LogP contribution in [0, 0.1) is 5.82 Å². The molecule has 0 aromatic heterocycles. The number of hydrogen-bond donors (Lipinski definition) is 1. The number of esters is 1. The average molecular weight is 331 g/mol. The van der Waals surface area contributed by atoms with Crippen LogP contribution in [0.3, 0.4) is 0 Å². The van der Waals surface area contributed by atoms with E-state index in [1.165, 1.54) is 18.2 Å². The fraction of sp³-hybridized carbons (Fsp3) is 0.222. The highest BCUT2D eigenvalue weighted by atomic mass is 19.1. The van der Waals surface area contributed by atoms with Crippen LogP contribution >= 0.6 is 0 Å². The molecule has 0 saturated heterocycles. The number of aryl methyl sites for hydroxylation is 1. The van der Waals surface area contributed by atoms with Crippen LogP contribution in [-0.4, -0.2) is 25.1 Å². The van der Waals surface area contributed by atoms with Crippen LogP contribution in [0.2, 0.25) is 0 Å². The maximum absolute atomic E-state index is 13.3. The molecule has 1 N–H and O–H groups in total. The molecule has 126 valence electrons. The Morgan fingerprint density at radius 2 is 1.75 bits per heavy atom. The number of carbonyl (C=O) groups is 2. The lowest BCUT2D eigenvalue weighted by molar-refractivity contribution is -0.149. The molecule has 0 bridgehead atoms. The van der Waals surface area contributed by atoms with Gasteiger partial charge in [-0.15, -0.1) is 0 Å². The number of halogens is 1. The molecule has 2 aromatic carbocycles. The van der Waals surface area contributed by atoms with E-state index < -0.39 is 30.9 Å². The van der Waals surface area contributed by atoms with E-state index >= 15 is 0 Å². The quantitative estimate of drug-likeness (QED) is 0.792. The van der Waals surface area contributed by atoms with E-state index in [2.05, 4.69) is 5.32 Å². The predicted molar refractivity (Wildman–Crippen MR) is 87.3 cm³/mol. The lowest BCUT2D eigenvalue weighted by atomic mass is 10.1. The maximum Gasteiger partial charge on any atom is 0.344 e. The van der Waals surface area contributed by atoms with Gasteiger partial charge < -0.3 is 14.8 Å². The Kier molecular flexibility index (Phi) is 6.31. The number of nitrogens with one attached hydrogen (secondary N) is 1. The van der Waals surface area contributed by atoms with Gasteiger partial charge in [-0.2, -0.15) is 0 Å². The van der Waals surface area contributed by atoms with Gasteiger partial charge in [0, 0.05) is 5.69 Å². The Morgan fingerprint density at radius 3 is 2.50 bits per heavy atom. The highest BCUT2D eigenvalue weighted by Crippen LogP contribution is 2.16. The zero-order valence-electron chi connectivity index (χ0n) is 13.3. The molecule has 1 amide bonds. The standard InChI is InChI=1S/C18H18FNO4/c1-2-13-7-3-5-9-15(13)20-17(21)11-24-18(22)12-23-16-10-6-4-8-14(16)19/h3-10H,2,11-12H2,1H3,(H,20,21). The van der Waals surface area contributed by atoms with Crippen molar-refractivity contribution in [2.45, 2.75) is 13.3 Å². The SMILES string of the molecule is CCc1ccccc1NC(=O)COC(=O)COc1ccccc1F. The van der Waals surface area contributed by atoms with Crippen LogP contribution < -0.4 is 10.1 Å². The van der Waals surface area contributed by atoms with Crippen molar-refractivity contribution < 1.29 is 23.5 Å². The van der Waals surface area contributed by atoms with E-state index in [0.717, 1.165) is 12.0 Å². The number of carbonyl (C=O) groups excluding carboxylic acids is 2. The van der Waals surface area contributed by atoms with Gasteiger partial charge in [-0.25, -0.2) is 9.18 Å². The first-order valence-corrected chi connectivity index (χ1v) is 7.51. The van der Waals surface area contributed by atoms with Gasteiger partial charge in [0.05, 0.1) is 0 Å². The van der Waals surface area contributed by atoms with E-state index in [-0.39, 0.29) is 5.75 Å². The smallest absolute Gasteiger partial charge is 0.344 e. The van der Waals surface area contributed by atoms with Crippen LogP contribution in [0.4, 0.5) is 10.1 Å². The zero-order valence-corrected chi connectivity index (χ0v) is 13.3. The van der Waals surface area contributed by atoms with Crippen LogP contribution in [-0.2, 0) is 20.7 Å². The van der Waals surface area contributed by atoms with E-state index in [0.29, 0.717) is 5.69 Å². The second-order valence-corrected chi connectivity index (χ2v) is 4.94. The topological polar surface area (TPSA) is 64.6 Å². The highest BCUT2D eigenvalue weighted by molar-refractivity contribution is 5.93. The van der Waals surface area contributed by atoms with E-state index in [1.54, 1.807) is 12.1 Å². The average Bonchev–Trinajstić information content (AvgIpc) is 2.59. The molecule has 0 aliphatic carbocycles. The van der Waals surface area contributed by atoms with Crippen LogP contribution in [0.1, 0.15) is 12.5 Å². The summed E-state index contributed by atoms with van der Waals surface area (Å²) in [4.78, 5) is 23.4. The van der Waals surface area contributed by atoms with E-state index in [1.807, 2.05) is 25.1 Å². The molecule has 24 heavy (non-hydrogen) atoms. The third kappa shape index (κ3) is 5.08. The molecule has 6 heteroatoms. The summed E-state index contributed by atoms with van der Waals surface area (Å²) in [7, 11) is 0. The van der Waals surface area contributed by atoms with Crippen molar-refractivity contribution >= 4 is 17.6 Å². The van der Waals surface area contributed by atoms with Crippen LogP contribution in [0.5, 0.6) is 5.75 Å². The molecule has 2 rings (SSSR count). The molecule has 0 radical (unpaired) electrons. The number of anilines is 1. The van der Waals surface area contributed by atoms with Gasteiger partial charge in [-0.05, 0) is 30.2 Å². The summed E-state index contributed by atoms with van der Waals surface area (Å²) >= 11 is 0. The number of rotatable bonds is 7. The third-order valence-electron chi connectivity index (χ3n) is 3.22. The molecule has 0 aliphatic heterocycles. The van der Waals surface area contributed by atoms with Gasteiger partial charge in [-0.3, -0.25) is 4.79 Å². The van der Waals surface area contributed by atoms with Crippen molar-refractivity contribution in [3.05, 3.63) is 59.9 Å². The summed E-state index contributed by atoms with van der Waals surface area (Å²) in [6.45, 7) is 1.07. The molecule has 5 nitrogen and oxygen atoms in total. The minimum atomic E-state index is -0.753. The lowest BCUT2D eigenvalue weighted by Crippen LogP contribution is -2.24. The number of ether oxygens (including phenoxy) is 2. The molecule has 0 heterocycles. The number of amides is 1. The van der Waals surface area contributed by atoms with Gasteiger partial charge in [-0.1, -0.05) is 37.3 Å². The second-order valence-electron chi connectivity index (χ2n) is 4.94. The minimum absolute atomic E-state index is 0.0456. The van der Waals surface area contributed by atoms with E-state index in [9.17, 15) is 14.0 Å². The van der Waals surface area contributed by atoms with Crippen LogP contribution in [0.25, 0.3) is 0 Å². The summed E-state index contributed by atoms with van der Waals surface area (Å²) in [5.41, 5.74) is 1.67. The molecule has 0 unspecified atom stereocenters. The fourth-order valence-corrected chi connectivity index (χ4v) is 2.02. The Hall–Kier alpha value is -2.89. The predicted octanol–water partition coefficient (Wildman–Crippen LogP) is 2.95. The summed E-state index contributed by atoms with van der Waals surface area (Å²) in [6.07, 6.45) is 0.771. The molecule has 2 aromatic rings. The zero-order chi connectivity index (χ0) is 17.4. The maximum atomic E-state index is 13.3. The van der Waals surface area contributed by atoms with E-state index in [4.69, 9.17) is 9.47 Å². The van der Waals surface area contributed by atoms with Gasteiger partial charge in [0.1, 0.15) is 0 Å². The molecular formula is C18H18FNO4. The molecular weight excluding hydrogens is 313 g/mol. The van der Waals surface area contributed by atoms with Gasteiger partial charge >= 0.3 is 5.97 Å². The van der Waals surface area contributed by atoms with Crippen molar-refractivity contribution in [3.8, 4) is 5.75 Å². The summed E-state index contributed by atoms with van der Waals surface area (Å²) in [5, 5.41) is 2.68. The minimum Gasteiger partial charge on any atom is -0.479 e. The monoisotopic (exact) mass is 331 g/mol. The first-order valence-electron chi connectivity index (χ1n) is 7.51. The van der Waals surface area contributed by atoms with Gasteiger partial charge in [0.25, 0.3) is 5.91 Å². The Bertz CT molecular complexity index is 718. The van der Waals surface area contributed by atoms with Crippen molar-refractivity contribution in [1.29, 1.82) is 0 Å². The number of para-hydroxylation sites is 2. The van der Waals surface area contributed by atoms with Crippen LogP contribution in [0.15, 0.2) is 48.5 Å². The first-order chi connectivity index (χ1) is 11.6. The molecule has 0 fully saturated rings. The van der Waals surface area contributed by atoms with Crippen molar-refractivity contribution in [1.82, 2.24) is 0 Å². The largest absolute Gasteiger partial charge is 0.479 e. The number of hydrogen-bond acceptors (Lipinski definition) is 4. The van der Waals surface area contributed by atoms with Crippen molar-refractivity contribution in [3.63, 3.8) is 0 Å². The molecule has 0 aliphatic rings. The van der Waals surface area contributed by atoms with Crippen molar-refractivity contribution in [2.24, 2.45) is 0 Å². The molecule has 0 saturated carbocycles. The van der Waals surface area contributed by atoms with Gasteiger partial charge in [0.2, 0.25) is 0 Å². The normalized spacial score (nSPS) is 10.1. The summed E-state index contributed by atoms with van der Waals surface area (Å²) in [5.74, 6) is -1.82. The molecule has 0 atom stereocenters. The molecule has 0 spiro atoms. The van der Waals surface area contributed by atoms with Crippen molar-refractivity contribution in [2.75, 3.05) is 18.5 Å². The Labute approximate surface area is 139 Å². The highest BCUT2D eigenvalue weighted by Gasteiger charge is 2.11. The number of benzene rings is 2. The Morgan fingerprint density at radius 1 is 1.04 bits per heavy atom. The van der Waals surface area contributed by atoms with Gasteiger partial charge in [0.15, 0.2) is 24.8 Å².